The summed E-state index contributed by atoms with van der Waals surface area (Å²) in [7, 11) is 0. The number of likely N-dealkylation sites (tertiary alicyclic amines) is 1. The fourth-order valence-electron chi connectivity index (χ4n) is 5.28. The molecule has 2 aliphatic heterocycles. The van der Waals surface area contributed by atoms with E-state index in [9.17, 15) is 0 Å². The molecule has 0 bridgehead atoms. The lowest BCUT2D eigenvalue weighted by atomic mass is 9.81. The average Bonchev–Trinajstić information content (AvgIpc) is 3.18. The second-order valence-electron chi connectivity index (χ2n) is 7.61. The summed E-state index contributed by atoms with van der Waals surface area (Å²) in [5, 5.41) is 0. The van der Waals surface area contributed by atoms with Gasteiger partial charge in [0.05, 0.1) is 6.10 Å². The van der Waals surface area contributed by atoms with E-state index in [4.69, 9.17) is 10.5 Å². The van der Waals surface area contributed by atoms with E-state index >= 15 is 0 Å². The van der Waals surface area contributed by atoms with Crippen LogP contribution in [0.3, 0.4) is 0 Å². The molecule has 3 aliphatic rings. The average molecular weight is 294 g/mol. The van der Waals surface area contributed by atoms with Crippen LogP contribution >= 0.6 is 0 Å². The highest BCUT2D eigenvalue weighted by atomic mass is 16.5. The highest BCUT2D eigenvalue weighted by molar-refractivity contribution is 5.02. The van der Waals surface area contributed by atoms with Gasteiger partial charge in [-0.2, -0.15) is 0 Å². The first-order chi connectivity index (χ1) is 10.3. The number of rotatable bonds is 5. The number of ether oxygens (including phenoxy) is 1. The van der Waals surface area contributed by atoms with Crippen molar-refractivity contribution in [1.82, 2.24) is 4.90 Å². The molecule has 3 unspecified atom stereocenters. The molecule has 2 N–H and O–H groups in total. The minimum absolute atomic E-state index is 0.238. The number of nitrogens with zero attached hydrogens (tertiary/aromatic N) is 1. The van der Waals surface area contributed by atoms with Crippen LogP contribution in [0, 0.1) is 5.92 Å². The molecule has 21 heavy (non-hydrogen) atoms. The minimum Gasteiger partial charge on any atom is -0.378 e. The van der Waals surface area contributed by atoms with E-state index in [0.29, 0.717) is 6.10 Å². The molecule has 122 valence electrons. The lowest BCUT2D eigenvalue weighted by molar-refractivity contribution is -0.0829. The predicted molar refractivity (Wildman–Crippen MR) is 87.4 cm³/mol. The van der Waals surface area contributed by atoms with Crippen molar-refractivity contribution in [3.8, 4) is 0 Å². The zero-order valence-electron chi connectivity index (χ0n) is 13.9. The van der Waals surface area contributed by atoms with E-state index in [1.165, 1.54) is 64.3 Å². The van der Waals surface area contributed by atoms with Crippen molar-refractivity contribution in [2.24, 2.45) is 11.7 Å². The van der Waals surface area contributed by atoms with Gasteiger partial charge < -0.3 is 10.5 Å². The number of nitrogens with two attached hydrogens (primary N) is 1. The molecule has 1 saturated carbocycles. The molecule has 3 nitrogen and oxygen atoms in total. The lowest BCUT2D eigenvalue weighted by Crippen LogP contribution is -2.60. The van der Waals surface area contributed by atoms with Crippen LogP contribution in [0.25, 0.3) is 0 Å². The number of hydrogen-bond donors (Lipinski definition) is 1. The van der Waals surface area contributed by atoms with E-state index in [1.54, 1.807) is 0 Å². The van der Waals surface area contributed by atoms with Gasteiger partial charge in [0.25, 0.3) is 0 Å². The van der Waals surface area contributed by atoms with Crippen molar-refractivity contribution in [1.29, 1.82) is 0 Å². The zero-order chi connectivity index (χ0) is 14.7. The fraction of sp³-hybridized carbons (Fsp3) is 1.00. The molecule has 3 rings (SSSR count). The summed E-state index contributed by atoms with van der Waals surface area (Å²) in [6, 6.07) is 0.816. The van der Waals surface area contributed by atoms with E-state index in [2.05, 4.69) is 11.8 Å². The summed E-state index contributed by atoms with van der Waals surface area (Å²) in [5.41, 5.74) is 6.58. The largest absolute Gasteiger partial charge is 0.378 e. The molecule has 3 atom stereocenters. The Morgan fingerprint density at radius 3 is 2.71 bits per heavy atom. The Bertz CT molecular complexity index is 327. The van der Waals surface area contributed by atoms with Gasteiger partial charge in [0.1, 0.15) is 0 Å². The first-order valence-corrected chi connectivity index (χ1v) is 9.37. The predicted octanol–water partition coefficient (Wildman–Crippen LogP) is 3.32. The van der Waals surface area contributed by atoms with Gasteiger partial charge in [-0.1, -0.05) is 26.2 Å². The van der Waals surface area contributed by atoms with Crippen LogP contribution in [0.2, 0.25) is 0 Å². The third-order valence-corrected chi connectivity index (χ3v) is 6.37. The monoisotopic (exact) mass is 294 g/mol. The third kappa shape index (κ3) is 3.16. The standard InChI is InChI=1S/C18H34N2O/c1-2-6-16-13-18(14-19,10-12-21-16)20-11-5-9-17(20)15-7-3-4-8-15/h15-17H,2-14,19H2,1H3. The maximum absolute atomic E-state index is 6.34. The summed E-state index contributed by atoms with van der Waals surface area (Å²) < 4.78 is 6.01. The molecule has 0 aromatic rings. The SMILES string of the molecule is CCCC1CC(CN)(N2CCCC2C2CCCC2)CCO1. The molecule has 2 saturated heterocycles. The minimum atomic E-state index is 0.238. The van der Waals surface area contributed by atoms with Crippen LogP contribution in [-0.4, -0.2) is 42.3 Å². The first kappa shape index (κ1) is 15.8. The van der Waals surface area contributed by atoms with Crippen LogP contribution in [0.4, 0.5) is 0 Å². The van der Waals surface area contributed by atoms with Gasteiger partial charge in [0.15, 0.2) is 0 Å². The number of hydrogen-bond acceptors (Lipinski definition) is 3. The van der Waals surface area contributed by atoms with Crippen LogP contribution in [-0.2, 0) is 4.74 Å². The van der Waals surface area contributed by atoms with Crippen LogP contribution in [0.15, 0.2) is 0 Å². The summed E-state index contributed by atoms with van der Waals surface area (Å²) in [6.07, 6.45) is 13.8. The molecule has 0 amide bonds. The summed E-state index contributed by atoms with van der Waals surface area (Å²) in [6.45, 7) is 5.27. The maximum atomic E-state index is 6.34. The highest BCUT2D eigenvalue weighted by Crippen LogP contribution is 2.42. The van der Waals surface area contributed by atoms with Gasteiger partial charge in [-0.25, -0.2) is 0 Å². The van der Waals surface area contributed by atoms with Crippen molar-refractivity contribution < 1.29 is 4.74 Å². The summed E-state index contributed by atoms with van der Waals surface area (Å²) >= 11 is 0. The molecule has 0 spiro atoms. The molecule has 3 heteroatoms. The first-order valence-electron chi connectivity index (χ1n) is 9.37. The molecule has 2 heterocycles. The van der Waals surface area contributed by atoms with Crippen molar-refractivity contribution in [2.75, 3.05) is 19.7 Å². The Labute approximate surface area is 130 Å². The molecular formula is C18H34N2O. The van der Waals surface area contributed by atoms with Gasteiger partial charge in [-0.05, 0) is 57.4 Å². The highest BCUT2D eigenvalue weighted by Gasteiger charge is 2.47. The topological polar surface area (TPSA) is 38.5 Å². The maximum Gasteiger partial charge on any atom is 0.0593 e. The fourth-order valence-corrected chi connectivity index (χ4v) is 5.28. The van der Waals surface area contributed by atoms with Crippen molar-refractivity contribution in [3.63, 3.8) is 0 Å². The van der Waals surface area contributed by atoms with Crippen molar-refractivity contribution in [3.05, 3.63) is 0 Å². The third-order valence-electron chi connectivity index (χ3n) is 6.37. The van der Waals surface area contributed by atoms with Gasteiger partial charge in [0.2, 0.25) is 0 Å². The quantitative estimate of drug-likeness (QED) is 0.845. The zero-order valence-corrected chi connectivity index (χ0v) is 13.9. The van der Waals surface area contributed by atoms with Crippen molar-refractivity contribution in [2.45, 2.75) is 88.8 Å². The molecule has 3 fully saturated rings. The van der Waals surface area contributed by atoms with Gasteiger partial charge >= 0.3 is 0 Å². The Balaban J connectivity index is 1.73. The Kier molecular flexibility index (Phi) is 5.23. The molecular weight excluding hydrogens is 260 g/mol. The van der Waals surface area contributed by atoms with E-state index < -0.39 is 0 Å². The molecule has 0 aromatic carbocycles. The van der Waals surface area contributed by atoms with Gasteiger partial charge in [-0.3, -0.25) is 4.90 Å². The molecule has 0 radical (unpaired) electrons. The van der Waals surface area contributed by atoms with E-state index in [1.807, 2.05) is 0 Å². The van der Waals surface area contributed by atoms with Gasteiger partial charge in [-0.15, -0.1) is 0 Å². The van der Waals surface area contributed by atoms with Crippen LogP contribution < -0.4 is 5.73 Å². The van der Waals surface area contributed by atoms with E-state index in [0.717, 1.165) is 31.5 Å². The molecule has 1 aliphatic carbocycles. The lowest BCUT2D eigenvalue weighted by Gasteiger charge is -2.50. The second kappa shape index (κ2) is 6.97. The Morgan fingerprint density at radius 1 is 1.19 bits per heavy atom. The molecule has 0 aromatic heterocycles. The summed E-state index contributed by atoms with van der Waals surface area (Å²) in [4.78, 5) is 2.86. The van der Waals surface area contributed by atoms with Crippen molar-refractivity contribution >= 4 is 0 Å². The smallest absolute Gasteiger partial charge is 0.0593 e. The van der Waals surface area contributed by atoms with Gasteiger partial charge in [0, 0.05) is 24.7 Å². The second-order valence-corrected chi connectivity index (χ2v) is 7.61. The van der Waals surface area contributed by atoms with E-state index in [-0.39, 0.29) is 5.54 Å². The summed E-state index contributed by atoms with van der Waals surface area (Å²) in [5.74, 6) is 0.948. The van der Waals surface area contributed by atoms with Crippen LogP contribution in [0.1, 0.15) is 71.1 Å². The Morgan fingerprint density at radius 2 is 2.00 bits per heavy atom. The Hall–Kier alpha value is -0.120. The van der Waals surface area contributed by atoms with Crippen LogP contribution in [0.5, 0.6) is 0 Å². The normalized spacial score (nSPS) is 39.1.